The van der Waals surface area contributed by atoms with Gasteiger partial charge in [-0.25, -0.2) is 13.4 Å². The van der Waals surface area contributed by atoms with Crippen LogP contribution < -0.4 is 10.3 Å². The van der Waals surface area contributed by atoms with Crippen LogP contribution in [-0.2, 0) is 36.5 Å². The first kappa shape index (κ1) is 20.7. The molecular formula is C22H28N4O3S. The van der Waals surface area contributed by atoms with Crippen LogP contribution in [0.4, 0.5) is 5.69 Å². The number of aromatic nitrogens is 3. The summed E-state index contributed by atoms with van der Waals surface area (Å²) in [4.78, 5) is 17.2. The van der Waals surface area contributed by atoms with Gasteiger partial charge in [0.1, 0.15) is 11.3 Å². The SMILES string of the molecule is CCCCn1c(C)nc2c(NS(C)(=O)=O)cc(-c3cn(C)c(=O)c4c3CCC4)cc21. The van der Waals surface area contributed by atoms with Gasteiger partial charge >= 0.3 is 0 Å². The third kappa shape index (κ3) is 3.64. The molecule has 0 bridgehead atoms. The van der Waals surface area contributed by atoms with Gasteiger partial charge in [0.2, 0.25) is 10.0 Å². The Bertz CT molecular complexity index is 1300. The molecule has 1 aromatic carbocycles. The molecule has 3 aromatic rings. The molecule has 0 fully saturated rings. The number of nitrogens with one attached hydrogen (secondary N) is 1. The lowest BCUT2D eigenvalue weighted by Gasteiger charge is -2.14. The summed E-state index contributed by atoms with van der Waals surface area (Å²) in [6, 6.07) is 3.93. The highest BCUT2D eigenvalue weighted by Gasteiger charge is 2.22. The minimum Gasteiger partial charge on any atom is -0.328 e. The van der Waals surface area contributed by atoms with E-state index in [-0.39, 0.29) is 5.56 Å². The van der Waals surface area contributed by atoms with Crippen LogP contribution in [0.15, 0.2) is 23.1 Å². The van der Waals surface area contributed by atoms with E-state index in [1.54, 1.807) is 11.6 Å². The van der Waals surface area contributed by atoms with E-state index in [1.165, 1.54) is 0 Å². The van der Waals surface area contributed by atoms with Crippen LogP contribution >= 0.6 is 0 Å². The number of rotatable bonds is 6. The lowest BCUT2D eigenvalue weighted by Crippen LogP contribution is -2.21. The number of pyridine rings is 1. The second kappa shape index (κ2) is 7.58. The Balaban J connectivity index is 2.01. The topological polar surface area (TPSA) is 86.0 Å². The maximum atomic E-state index is 12.5. The van der Waals surface area contributed by atoms with E-state index in [1.807, 2.05) is 19.2 Å². The number of unbranched alkanes of at least 4 members (excludes halogenated alkanes) is 1. The average Bonchev–Trinajstić information content (AvgIpc) is 3.27. The van der Waals surface area contributed by atoms with Gasteiger partial charge < -0.3 is 9.13 Å². The van der Waals surface area contributed by atoms with E-state index in [0.29, 0.717) is 11.2 Å². The highest BCUT2D eigenvalue weighted by Crippen LogP contribution is 2.36. The van der Waals surface area contributed by atoms with E-state index < -0.39 is 10.0 Å². The van der Waals surface area contributed by atoms with Crippen LogP contribution in [0.3, 0.4) is 0 Å². The molecule has 160 valence electrons. The Kier molecular flexibility index (Phi) is 5.22. The van der Waals surface area contributed by atoms with Gasteiger partial charge in [0, 0.05) is 30.9 Å². The van der Waals surface area contributed by atoms with Crippen molar-refractivity contribution in [2.45, 2.75) is 52.5 Å². The molecule has 2 heterocycles. The zero-order valence-electron chi connectivity index (χ0n) is 17.9. The Labute approximate surface area is 176 Å². The van der Waals surface area contributed by atoms with Crippen molar-refractivity contribution < 1.29 is 8.42 Å². The number of hydrogen-bond acceptors (Lipinski definition) is 4. The Morgan fingerprint density at radius 3 is 2.63 bits per heavy atom. The molecule has 1 aliphatic carbocycles. The predicted octanol–water partition coefficient (Wildman–Crippen LogP) is 3.37. The first-order chi connectivity index (χ1) is 14.2. The van der Waals surface area contributed by atoms with Gasteiger partial charge in [-0.2, -0.15) is 0 Å². The fraction of sp³-hybridized carbons (Fsp3) is 0.455. The molecule has 0 radical (unpaired) electrons. The summed E-state index contributed by atoms with van der Waals surface area (Å²) in [6.07, 6.45) is 7.71. The molecular weight excluding hydrogens is 400 g/mol. The van der Waals surface area contributed by atoms with Gasteiger partial charge in [-0.1, -0.05) is 13.3 Å². The molecule has 2 aromatic heterocycles. The van der Waals surface area contributed by atoms with E-state index in [4.69, 9.17) is 0 Å². The van der Waals surface area contributed by atoms with Crippen LogP contribution in [0, 0.1) is 6.92 Å². The molecule has 0 amide bonds. The molecule has 7 nitrogen and oxygen atoms in total. The Hall–Kier alpha value is -2.61. The minimum atomic E-state index is -3.47. The standard InChI is InChI=1S/C22H28N4O3S/c1-5-6-10-26-14(2)23-21-19(24-30(4,28)29)11-15(12-20(21)26)18-13-25(3)22(27)17-9-7-8-16(17)18/h11-13,24H,5-10H2,1-4H3. The van der Waals surface area contributed by atoms with Gasteiger partial charge in [-0.15, -0.1) is 0 Å². The normalized spacial score (nSPS) is 13.7. The fourth-order valence-corrected chi connectivity index (χ4v) is 4.99. The van der Waals surface area contributed by atoms with Gasteiger partial charge in [0.25, 0.3) is 5.56 Å². The zero-order chi connectivity index (χ0) is 21.6. The van der Waals surface area contributed by atoms with Crippen LogP contribution in [0.2, 0.25) is 0 Å². The summed E-state index contributed by atoms with van der Waals surface area (Å²) in [5.41, 5.74) is 5.95. The number of anilines is 1. The Morgan fingerprint density at radius 1 is 1.20 bits per heavy atom. The molecule has 30 heavy (non-hydrogen) atoms. The molecule has 0 saturated carbocycles. The summed E-state index contributed by atoms with van der Waals surface area (Å²) in [5.74, 6) is 0.859. The van der Waals surface area contributed by atoms with Gasteiger partial charge in [0.15, 0.2) is 0 Å². The highest BCUT2D eigenvalue weighted by molar-refractivity contribution is 7.92. The van der Waals surface area contributed by atoms with Crippen molar-refractivity contribution in [1.82, 2.24) is 14.1 Å². The van der Waals surface area contributed by atoms with Gasteiger partial charge in [-0.05, 0) is 55.9 Å². The van der Waals surface area contributed by atoms with Gasteiger partial charge in [-0.3, -0.25) is 9.52 Å². The fourth-order valence-electron chi connectivity index (χ4n) is 4.44. The zero-order valence-corrected chi connectivity index (χ0v) is 18.8. The molecule has 0 spiro atoms. The molecule has 0 aliphatic heterocycles. The van der Waals surface area contributed by atoms with Crippen molar-refractivity contribution in [3.63, 3.8) is 0 Å². The van der Waals surface area contributed by atoms with Crippen molar-refractivity contribution in [3.05, 3.63) is 45.6 Å². The van der Waals surface area contributed by atoms with Crippen molar-refractivity contribution in [2.75, 3.05) is 11.0 Å². The summed E-state index contributed by atoms with van der Waals surface area (Å²) in [7, 11) is -1.70. The number of fused-ring (bicyclic) bond motifs is 2. The lowest BCUT2D eigenvalue weighted by atomic mass is 9.98. The number of benzene rings is 1. The first-order valence-corrected chi connectivity index (χ1v) is 12.3. The van der Waals surface area contributed by atoms with Crippen molar-refractivity contribution in [3.8, 4) is 11.1 Å². The molecule has 1 aliphatic rings. The quantitative estimate of drug-likeness (QED) is 0.652. The monoisotopic (exact) mass is 428 g/mol. The average molecular weight is 429 g/mol. The summed E-state index contributed by atoms with van der Waals surface area (Å²) in [6.45, 7) is 4.92. The highest BCUT2D eigenvalue weighted by atomic mass is 32.2. The maximum absolute atomic E-state index is 12.5. The minimum absolute atomic E-state index is 0.0608. The summed E-state index contributed by atoms with van der Waals surface area (Å²) in [5, 5.41) is 0. The molecule has 8 heteroatoms. The van der Waals surface area contributed by atoms with Crippen molar-refractivity contribution >= 4 is 26.7 Å². The summed E-state index contributed by atoms with van der Waals surface area (Å²) < 4.78 is 30.5. The molecule has 4 rings (SSSR count). The number of hydrogen-bond donors (Lipinski definition) is 1. The largest absolute Gasteiger partial charge is 0.328 e. The third-order valence-electron chi connectivity index (χ3n) is 5.83. The summed E-state index contributed by atoms with van der Waals surface area (Å²) >= 11 is 0. The number of aryl methyl sites for hydroxylation is 3. The number of sulfonamides is 1. The predicted molar refractivity (Wildman–Crippen MR) is 121 cm³/mol. The Morgan fingerprint density at radius 2 is 1.93 bits per heavy atom. The molecule has 0 saturated heterocycles. The molecule has 0 unspecified atom stereocenters. The number of imidazole rings is 1. The van der Waals surface area contributed by atoms with E-state index in [0.717, 1.165) is 78.5 Å². The maximum Gasteiger partial charge on any atom is 0.253 e. The van der Waals surface area contributed by atoms with E-state index in [9.17, 15) is 13.2 Å². The third-order valence-corrected chi connectivity index (χ3v) is 6.42. The second-order valence-corrected chi connectivity index (χ2v) is 9.95. The number of nitrogens with zero attached hydrogens (tertiary/aromatic N) is 3. The molecule has 1 N–H and O–H groups in total. The van der Waals surface area contributed by atoms with Crippen molar-refractivity contribution in [2.24, 2.45) is 7.05 Å². The van der Waals surface area contributed by atoms with Crippen LogP contribution in [0.5, 0.6) is 0 Å². The van der Waals surface area contributed by atoms with Crippen molar-refractivity contribution in [1.29, 1.82) is 0 Å². The van der Waals surface area contributed by atoms with Crippen LogP contribution in [-0.4, -0.2) is 28.8 Å². The van der Waals surface area contributed by atoms with Crippen LogP contribution in [0.25, 0.3) is 22.2 Å². The lowest BCUT2D eigenvalue weighted by molar-refractivity contribution is 0.607. The smallest absolute Gasteiger partial charge is 0.253 e. The van der Waals surface area contributed by atoms with E-state index in [2.05, 4.69) is 27.3 Å². The van der Waals surface area contributed by atoms with E-state index >= 15 is 0 Å². The van der Waals surface area contributed by atoms with Crippen LogP contribution in [0.1, 0.15) is 43.1 Å². The van der Waals surface area contributed by atoms with Gasteiger partial charge in [0.05, 0.1) is 17.5 Å². The second-order valence-electron chi connectivity index (χ2n) is 8.20. The molecule has 0 atom stereocenters. The first-order valence-electron chi connectivity index (χ1n) is 10.4.